The Hall–Kier alpha value is -1.76. The van der Waals surface area contributed by atoms with Crippen molar-refractivity contribution in [1.29, 1.82) is 0 Å². The Morgan fingerprint density at radius 2 is 0.812 bits per heavy atom. The van der Waals surface area contributed by atoms with Crippen LogP contribution in [0.2, 0.25) is 0 Å². The summed E-state index contributed by atoms with van der Waals surface area (Å²) >= 11 is 0. The van der Waals surface area contributed by atoms with E-state index in [2.05, 4.69) is 74.3 Å². The number of hydrogen-bond acceptors (Lipinski definition) is 1. The maximum Gasteiger partial charge on any atom is 0.0440 e. The van der Waals surface area contributed by atoms with Crippen molar-refractivity contribution in [1.82, 2.24) is 0 Å². The molecule has 0 amide bonds. The van der Waals surface area contributed by atoms with Crippen molar-refractivity contribution in [3.63, 3.8) is 0 Å². The second-order valence-corrected chi connectivity index (χ2v) is 9.56. The van der Waals surface area contributed by atoms with Crippen LogP contribution in [-0.2, 0) is 12.8 Å². The molecule has 1 heteroatoms. The molecule has 0 aliphatic rings. The van der Waals surface area contributed by atoms with E-state index < -0.39 is 0 Å². The molecule has 0 spiro atoms. The fourth-order valence-corrected chi connectivity index (χ4v) is 4.77. The van der Waals surface area contributed by atoms with Crippen molar-refractivity contribution in [3.05, 3.63) is 59.7 Å². The van der Waals surface area contributed by atoms with Crippen LogP contribution in [0.1, 0.15) is 115 Å². The van der Waals surface area contributed by atoms with Crippen LogP contribution in [0.15, 0.2) is 48.5 Å². The molecule has 0 saturated heterocycles. The van der Waals surface area contributed by atoms with E-state index in [1.54, 1.807) is 0 Å². The van der Waals surface area contributed by atoms with Crippen molar-refractivity contribution < 1.29 is 0 Å². The van der Waals surface area contributed by atoms with Crippen LogP contribution >= 0.6 is 0 Å². The standard InChI is InChI=1S/C31H49N/c1-4-6-8-10-12-14-16-22-28-24-18-20-26-30(28)32(3)31-27-21-19-25-29(31)23-17-15-13-11-9-7-5-2/h18-21,24-27H,4-17,22-23H2,1-3H3. The highest BCUT2D eigenvalue weighted by atomic mass is 15.1. The largest absolute Gasteiger partial charge is 0.344 e. The lowest BCUT2D eigenvalue weighted by molar-refractivity contribution is 0.589. The number of para-hydroxylation sites is 2. The van der Waals surface area contributed by atoms with Crippen LogP contribution in [-0.4, -0.2) is 7.05 Å². The second-order valence-electron chi connectivity index (χ2n) is 9.56. The summed E-state index contributed by atoms with van der Waals surface area (Å²) in [5, 5.41) is 0. The summed E-state index contributed by atoms with van der Waals surface area (Å²) in [6.45, 7) is 4.58. The van der Waals surface area contributed by atoms with Gasteiger partial charge in [-0.3, -0.25) is 0 Å². The maximum atomic E-state index is 2.44. The van der Waals surface area contributed by atoms with Crippen molar-refractivity contribution in [2.45, 2.75) is 117 Å². The van der Waals surface area contributed by atoms with Gasteiger partial charge in [-0.15, -0.1) is 0 Å². The van der Waals surface area contributed by atoms with Crippen LogP contribution in [0.4, 0.5) is 11.4 Å². The summed E-state index contributed by atoms with van der Waals surface area (Å²) in [5.41, 5.74) is 5.75. The topological polar surface area (TPSA) is 3.24 Å². The highest BCUT2D eigenvalue weighted by Crippen LogP contribution is 2.31. The first kappa shape index (κ1) is 26.5. The molecule has 1 nitrogen and oxygen atoms in total. The number of anilines is 2. The van der Waals surface area contributed by atoms with Crippen LogP contribution in [0.5, 0.6) is 0 Å². The fourth-order valence-electron chi connectivity index (χ4n) is 4.77. The molecule has 2 rings (SSSR count). The van der Waals surface area contributed by atoms with Gasteiger partial charge in [0.15, 0.2) is 0 Å². The summed E-state index contributed by atoms with van der Waals surface area (Å²) in [7, 11) is 2.26. The lowest BCUT2D eigenvalue weighted by Gasteiger charge is -2.25. The molecule has 32 heavy (non-hydrogen) atoms. The van der Waals surface area contributed by atoms with E-state index in [1.807, 2.05) is 0 Å². The Kier molecular flexibility index (Phi) is 13.9. The van der Waals surface area contributed by atoms with Crippen molar-refractivity contribution in [2.75, 3.05) is 11.9 Å². The van der Waals surface area contributed by atoms with Crippen molar-refractivity contribution in [3.8, 4) is 0 Å². The van der Waals surface area contributed by atoms with Gasteiger partial charge in [0.05, 0.1) is 0 Å². The summed E-state index contributed by atoms with van der Waals surface area (Å²) in [5.74, 6) is 0. The molecule has 0 N–H and O–H groups in total. The monoisotopic (exact) mass is 435 g/mol. The lowest BCUT2D eigenvalue weighted by Crippen LogP contribution is -2.14. The maximum absolute atomic E-state index is 2.44. The van der Waals surface area contributed by atoms with E-state index in [0.717, 1.165) is 0 Å². The summed E-state index contributed by atoms with van der Waals surface area (Å²) < 4.78 is 0. The molecule has 0 saturated carbocycles. The average molecular weight is 436 g/mol. The number of unbranched alkanes of at least 4 members (excludes halogenated alkanes) is 12. The minimum atomic E-state index is 1.19. The van der Waals surface area contributed by atoms with Gasteiger partial charge in [0.1, 0.15) is 0 Å². The first-order valence-corrected chi connectivity index (χ1v) is 13.7. The zero-order valence-electron chi connectivity index (χ0n) is 21.4. The van der Waals surface area contributed by atoms with E-state index in [1.165, 1.54) is 125 Å². The zero-order valence-corrected chi connectivity index (χ0v) is 21.4. The van der Waals surface area contributed by atoms with E-state index in [4.69, 9.17) is 0 Å². The van der Waals surface area contributed by atoms with E-state index in [9.17, 15) is 0 Å². The van der Waals surface area contributed by atoms with Gasteiger partial charge < -0.3 is 4.90 Å². The smallest absolute Gasteiger partial charge is 0.0440 e. The molecule has 0 atom stereocenters. The van der Waals surface area contributed by atoms with Gasteiger partial charge in [-0.1, -0.05) is 127 Å². The molecule has 2 aromatic carbocycles. The molecule has 2 aromatic rings. The Labute approximate surface area is 199 Å². The predicted octanol–water partition coefficient (Wildman–Crippen LogP) is 10.0. The third-order valence-electron chi connectivity index (χ3n) is 6.81. The normalized spacial score (nSPS) is 11.1. The quantitative estimate of drug-likeness (QED) is 0.210. The first-order chi connectivity index (χ1) is 15.8. The minimum Gasteiger partial charge on any atom is -0.344 e. The molecule has 0 aromatic heterocycles. The highest BCUT2D eigenvalue weighted by Gasteiger charge is 2.12. The third-order valence-corrected chi connectivity index (χ3v) is 6.81. The third kappa shape index (κ3) is 9.80. The van der Waals surface area contributed by atoms with Crippen molar-refractivity contribution in [2.24, 2.45) is 0 Å². The molecule has 0 radical (unpaired) electrons. The molecule has 0 unspecified atom stereocenters. The summed E-state index contributed by atoms with van der Waals surface area (Å²) in [4.78, 5) is 2.44. The molecule has 0 aliphatic carbocycles. The first-order valence-electron chi connectivity index (χ1n) is 13.7. The van der Waals surface area contributed by atoms with Gasteiger partial charge in [0.2, 0.25) is 0 Å². The SMILES string of the molecule is CCCCCCCCCc1ccccc1N(C)c1ccccc1CCCCCCCCC. The molecular weight excluding hydrogens is 386 g/mol. The molecular formula is C31H49N. The van der Waals surface area contributed by atoms with Crippen molar-refractivity contribution >= 4 is 11.4 Å². The summed E-state index contributed by atoms with van der Waals surface area (Å²) in [6, 6.07) is 18.1. The fraction of sp³-hybridized carbons (Fsp3) is 0.613. The van der Waals surface area contributed by atoms with E-state index in [0.29, 0.717) is 0 Å². The van der Waals surface area contributed by atoms with Gasteiger partial charge in [-0.25, -0.2) is 0 Å². The van der Waals surface area contributed by atoms with Gasteiger partial charge in [-0.05, 0) is 48.9 Å². The lowest BCUT2D eigenvalue weighted by atomic mass is 10.0. The van der Waals surface area contributed by atoms with E-state index >= 15 is 0 Å². The van der Waals surface area contributed by atoms with Crippen LogP contribution < -0.4 is 4.90 Å². The Morgan fingerprint density at radius 3 is 1.22 bits per heavy atom. The Bertz CT molecular complexity index is 658. The van der Waals surface area contributed by atoms with Gasteiger partial charge in [0, 0.05) is 18.4 Å². The Morgan fingerprint density at radius 1 is 0.469 bits per heavy atom. The van der Waals surface area contributed by atoms with Gasteiger partial charge in [0.25, 0.3) is 0 Å². The molecule has 0 heterocycles. The highest BCUT2D eigenvalue weighted by molar-refractivity contribution is 5.68. The Balaban J connectivity index is 1.90. The number of aryl methyl sites for hydroxylation is 2. The van der Waals surface area contributed by atoms with Crippen LogP contribution in [0, 0.1) is 0 Å². The summed E-state index contributed by atoms with van der Waals surface area (Å²) in [6.07, 6.45) is 21.6. The second kappa shape index (κ2) is 16.8. The van der Waals surface area contributed by atoms with Gasteiger partial charge >= 0.3 is 0 Å². The zero-order chi connectivity index (χ0) is 22.9. The molecule has 0 fully saturated rings. The number of rotatable bonds is 18. The molecule has 178 valence electrons. The average Bonchev–Trinajstić information content (AvgIpc) is 2.83. The minimum absolute atomic E-state index is 1.19. The van der Waals surface area contributed by atoms with E-state index in [-0.39, 0.29) is 0 Å². The number of hydrogen-bond donors (Lipinski definition) is 0. The number of benzene rings is 2. The van der Waals surface area contributed by atoms with Crippen LogP contribution in [0.3, 0.4) is 0 Å². The number of nitrogens with zero attached hydrogens (tertiary/aromatic N) is 1. The molecule has 0 aliphatic heterocycles. The van der Waals surface area contributed by atoms with Crippen LogP contribution in [0.25, 0.3) is 0 Å². The molecule has 0 bridgehead atoms. The van der Waals surface area contributed by atoms with Gasteiger partial charge in [-0.2, -0.15) is 0 Å². The predicted molar refractivity (Wildman–Crippen MR) is 144 cm³/mol.